The van der Waals surface area contributed by atoms with Crippen LogP contribution in [0.5, 0.6) is 0 Å². The Labute approximate surface area is 494 Å². The summed E-state index contributed by atoms with van der Waals surface area (Å²) in [7, 11) is 0. The summed E-state index contributed by atoms with van der Waals surface area (Å²) in [6.07, 6.45) is 0.701. The standard InChI is InChI=1S/C66H88F2N12O4/c1-43-31-77(39-59(81)79-41-65(5,6)61-57(79)27-51(63(83)71-61)25-47-13-17-53(67)18-14-47)55(29-69-43)37-75-23-21-73(33-45(75)3)35-49-9-11-50(12-10-49)36-74-22-24-76(46(4)34-74)38-56-30-70-44(2)32-78(56)40-60(82)80-42-66(7,8)62-58(80)28-52(64(84)72-62)26-48-15-19-54(68)20-16-48/h9-20,27-28,43-46,55-56,69-70H,21-26,29-42H2,1-8H3,(H,71,83)(H,72,84)/t43-,44?,45-,46-,55-,56-/m1/s1. The fourth-order valence-corrected chi connectivity index (χ4v) is 14.2. The molecular weight excluding hydrogens is 1060 g/mol. The van der Waals surface area contributed by atoms with Gasteiger partial charge in [0, 0.05) is 187 Å². The number of hydrogen-bond donors (Lipinski definition) is 4. The Morgan fingerprint density at radius 3 is 1.25 bits per heavy atom. The summed E-state index contributed by atoms with van der Waals surface area (Å²) in [5, 5.41) is 7.39. The van der Waals surface area contributed by atoms with Crippen molar-refractivity contribution in [3.8, 4) is 0 Å². The molecule has 6 aliphatic rings. The molecule has 4 saturated heterocycles. The number of benzene rings is 3. The Morgan fingerprint density at radius 2 is 0.881 bits per heavy atom. The monoisotopic (exact) mass is 1150 g/mol. The lowest BCUT2D eigenvalue weighted by Gasteiger charge is -2.46. The maximum Gasteiger partial charge on any atom is 0.251 e. The number of carbonyl (C=O) groups is 2. The molecule has 84 heavy (non-hydrogen) atoms. The highest BCUT2D eigenvalue weighted by atomic mass is 19.1. The smallest absolute Gasteiger partial charge is 0.251 e. The molecule has 1 unspecified atom stereocenters. The van der Waals surface area contributed by atoms with Crippen LogP contribution in [0.15, 0.2) is 94.5 Å². The van der Waals surface area contributed by atoms with Crippen molar-refractivity contribution in [1.82, 2.24) is 50.0 Å². The summed E-state index contributed by atoms with van der Waals surface area (Å²) < 4.78 is 27.3. The van der Waals surface area contributed by atoms with E-state index < -0.39 is 10.8 Å². The van der Waals surface area contributed by atoms with Gasteiger partial charge in [-0.1, -0.05) is 76.2 Å². The van der Waals surface area contributed by atoms with Crippen LogP contribution in [0.3, 0.4) is 0 Å². The molecule has 18 heteroatoms. The molecular formula is C66H88F2N12O4. The average Bonchev–Trinajstić information content (AvgIpc) is 2.89. The van der Waals surface area contributed by atoms with E-state index in [1.54, 1.807) is 24.3 Å². The maximum absolute atomic E-state index is 14.4. The number of aromatic nitrogens is 2. The van der Waals surface area contributed by atoms with Gasteiger partial charge in [0.15, 0.2) is 0 Å². The molecule has 5 aromatic rings. The highest BCUT2D eigenvalue weighted by molar-refractivity contribution is 5.98. The number of piperazine rings is 4. The minimum absolute atomic E-state index is 0.0356. The van der Waals surface area contributed by atoms with Crippen LogP contribution in [-0.2, 0) is 46.4 Å². The molecule has 450 valence electrons. The van der Waals surface area contributed by atoms with Crippen molar-refractivity contribution < 1.29 is 18.4 Å². The second kappa shape index (κ2) is 24.8. The van der Waals surface area contributed by atoms with Crippen LogP contribution in [-0.4, -0.2) is 192 Å². The summed E-state index contributed by atoms with van der Waals surface area (Å²) in [4.78, 5) is 80.5. The number of H-pyrrole nitrogens is 2. The van der Waals surface area contributed by atoms with Crippen LogP contribution in [0.1, 0.15) is 100 Å². The second-order valence-corrected chi connectivity index (χ2v) is 26.9. The van der Waals surface area contributed by atoms with E-state index in [9.17, 15) is 28.0 Å². The number of nitrogens with zero attached hydrogens (tertiary/aromatic N) is 8. The molecule has 0 bridgehead atoms. The van der Waals surface area contributed by atoms with Gasteiger partial charge in [-0.15, -0.1) is 0 Å². The number of anilines is 2. The second-order valence-electron chi connectivity index (χ2n) is 26.9. The van der Waals surface area contributed by atoms with E-state index in [0.717, 1.165) is 126 Å². The highest BCUT2D eigenvalue weighted by Crippen LogP contribution is 2.41. The molecule has 4 fully saturated rings. The minimum Gasteiger partial charge on any atom is -0.323 e. The SMILES string of the molecule is CC1CN(CC(=O)N2CC(C)(C)c3[nH]c(=O)c(Cc4ccc(F)cc4)cc32)[C@@H](CN2CCN(Cc3ccc(CN4CCN(C[C@H]5CN[C@H](C)CN5CC(=O)N5CC(C)(C)c6[nH]c(=O)c(Cc7ccc(F)cc7)cc65)[C@H](C)C4)cc3)C[C@H]2C)CN1. The summed E-state index contributed by atoms with van der Waals surface area (Å²) in [6, 6.07) is 27.0. The van der Waals surface area contributed by atoms with Crippen molar-refractivity contribution in [3.63, 3.8) is 0 Å². The van der Waals surface area contributed by atoms with Crippen molar-refractivity contribution in [2.24, 2.45) is 0 Å². The van der Waals surface area contributed by atoms with Crippen LogP contribution in [0, 0.1) is 11.6 Å². The quantitative estimate of drug-likeness (QED) is 0.0988. The van der Waals surface area contributed by atoms with E-state index in [1.807, 2.05) is 21.9 Å². The third-order valence-corrected chi connectivity index (χ3v) is 19.0. The number of rotatable bonds is 16. The molecule has 0 saturated carbocycles. The number of pyridine rings is 2. The maximum atomic E-state index is 14.4. The van der Waals surface area contributed by atoms with E-state index in [4.69, 9.17) is 0 Å². The molecule has 6 aliphatic heterocycles. The zero-order valence-electron chi connectivity index (χ0n) is 50.7. The van der Waals surface area contributed by atoms with Gasteiger partial charge in [-0.05, 0) is 86.3 Å². The summed E-state index contributed by atoms with van der Waals surface area (Å²) in [5.74, 6) is -0.565. The Hall–Kier alpha value is -5.96. The van der Waals surface area contributed by atoms with Gasteiger partial charge in [-0.25, -0.2) is 8.78 Å². The zero-order valence-corrected chi connectivity index (χ0v) is 50.7. The first-order valence-corrected chi connectivity index (χ1v) is 30.7. The number of fused-ring (bicyclic) bond motifs is 2. The van der Waals surface area contributed by atoms with E-state index in [1.165, 1.54) is 35.4 Å². The van der Waals surface area contributed by atoms with E-state index >= 15 is 0 Å². The Balaban J connectivity index is 0.643. The topological polar surface area (TPSA) is 150 Å². The van der Waals surface area contributed by atoms with Crippen molar-refractivity contribution in [1.29, 1.82) is 0 Å². The van der Waals surface area contributed by atoms with Crippen molar-refractivity contribution in [3.05, 3.63) is 162 Å². The first-order chi connectivity index (χ1) is 40.1. The van der Waals surface area contributed by atoms with Gasteiger partial charge in [-0.2, -0.15) is 0 Å². The van der Waals surface area contributed by atoms with Crippen LogP contribution in [0.4, 0.5) is 20.2 Å². The third kappa shape index (κ3) is 13.5. The third-order valence-electron chi connectivity index (χ3n) is 19.0. The van der Waals surface area contributed by atoms with Crippen LogP contribution in [0.25, 0.3) is 0 Å². The molecule has 11 rings (SSSR count). The Morgan fingerprint density at radius 1 is 0.512 bits per heavy atom. The molecule has 3 aromatic carbocycles. The molecule has 6 atom stereocenters. The van der Waals surface area contributed by atoms with Crippen LogP contribution < -0.4 is 31.6 Å². The van der Waals surface area contributed by atoms with E-state index in [0.29, 0.717) is 62.2 Å². The van der Waals surface area contributed by atoms with E-state index in [-0.39, 0.29) is 58.7 Å². The lowest BCUT2D eigenvalue weighted by atomic mass is 9.91. The van der Waals surface area contributed by atoms with Gasteiger partial charge < -0.3 is 30.4 Å². The Bertz CT molecular complexity index is 3060. The predicted molar refractivity (Wildman–Crippen MR) is 328 cm³/mol. The van der Waals surface area contributed by atoms with Gasteiger partial charge in [0.2, 0.25) is 11.8 Å². The number of hydrogen-bond acceptors (Lipinski definition) is 12. The number of carbonyl (C=O) groups excluding carboxylic acids is 2. The minimum atomic E-state index is -0.412. The predicted octanol–water partition coefficient (Wildman–Crippen LogP) is 5.51. The molecule has 8 heterocycles. The number of amides is 2. The molecule has 2 amide bonds. The molecule has 4 N–H and O–H groups in total. The lowest BCUT2D eigenvalue weighted by molar-refractivity contribution is -0.121. The summed E-state index contributed by atoms with van der Waals surface area (Å²) >= 11 is 0. The van der Waals surface area contributed by atoms with E-state index in [2.05, 4.69) is 130 Å². The zero-order chi connectivity index (χ0) is 59.2. The molecule has 0 spiro atoms. The number of aromatic amines is 2. The first kappa shape index (κ1) is 59.8. The van der Waals surface area contributed by atoms with Gasteiger partial charge in [0.05, 0.1) is 24.5 Å². The van der Waals surface area contributed by atoms with Crippen molar-refractivity contribution >= 4 is 23.2 Å². The highest BCUT2D eigenvalue weighted by Gasteiger charge is 2.43. The molecule has 2 aromatic heterocycles. The average molecular weight is 1150 g/mol. The van der Waals surface area contributed by atoms with Gasteiger partial charge in [-0.3, -0.25) is 48.6 Å². The van der Waals surface area contributed by atoms with Gasteiger partial charge >= 0.3 is 0 Å². The summed E-state index contributed by atoms with van der Waals surface area (Å²) in [6.45, 7) is 31.4. The molecule has 16 nitrogen and oxygen atoms in total. The van der Waals surface area contributed by atoms with Crippen LogP contribution >= 0.6 is 0 Å². The van der Waals surface area contributed by atoms with Gasteiger partial charge in [0.25, 0.3) is 11.1 Å². The fourth-order valence-electron chi connectivity index (χ4n) is 14.2. The van der Waals surface area contributed by atoms with Gasteiger partial charge in [0.1, 0.15) is 11.6 Å². The molecule has 0 aliphatic carbocycles. The largest absolute Gasteiger partial charge is 0.323 e. The first-order valence-electron chi connectivity index (χ1n) is 30.7. The normalized spacial score (nSPS) is 25.3. The number of halogens is 2. The number of nitrogens with one attached hydrogen (secondary N) is 4. The summed E-state index contributed by atoms with van der Waals surface area (Å²) in [5.41, 5.74) is 7.36. The Kier molecular flexibility index (Phi) is 17.6. The van der Waals surface area contributed by atoms with Crippen molar-refractivity contribution in [2.45, 2.75) is 128 Å². The van der Waals surface area contributed by atoms with Crippen LogP contribution in [0.2, 0.25) is 0 Å². The fraction of sp³-hybridized carbons (Fsp3) is 0.545. The van der Waals surface area contributed by atoms with Crippen molar-refractivity contribution in [2.75, 3.05) is 115 Å². The lowest BCUT2D eigenvalue weighted by Crippen LogP contribution is -2.63. The molecule has 0 radical (unpaired) electrons.